The lowest BCUT2D eigenvalue weighted by Crippen LogP contribution is -2.22. The maximum atomic E-state index is 12.3. The lowest BCUT2D eigenvalue weighted by molar-refractivity contribution is -0.137. The molecule has 0 saturated heterocycles. The van der Waals surface area contributed by atoms with Crippen molar-refractivity contribution < 1.29 is 24.5 Å². The molecule has 0 bridgehead atoms. The molecule has 0 radical (unpaired) electrons. The molecule has 1 saturated carbocycles. The number of benzene rings is 1. The molecule has 1 aliphatic rings. The molecule has 4 atom stereocenters. The van der Waals surface area contributed by atoms with Crippen LogP contribution in [0.3, 0.4) is 0 Å². The highest BCUT2D eigenvalue weighted by Gasteiger charge is 2.41. The van der Waals surface area contributed by atoms with Crippen LogP contribution >= 0.6 is 0 Å². The predicted molar refractivity (Wildman–Crippen MR) is 126 cm³/mol. The first kappa shape index (κ1) is 26.3. The monoisotopic (exact) mass is 444 g/mol. The molecule has 1 aromatic carbocycles. The van der Waals surface area contributed by atoms with E-state index in [1.807, 2.05) is 36.4 Å². The van der Waals surface area contributed by atoms with Crippen LogP contribution in [-0.2, 0) is 20.9 Å². The topological polar surface area (TPSA) is 83.8 Å². The Bertz CT molecular complexity index is 699. The van der Waals surface area contributed by atoms with Gasteiger partial charge in [-0.05, 0) is 36.8 Å². The number of carboxylic acid groups (broad SMARTS) is 1. The van der Waals surface area contributed by atoms with E-state index >= 15 is 0 Å². The summed E-state index contributed by atoms with van der Waals surface area (Å²) in [4.78, 5) is 23.0. The van der Waals surface area contributed by atoms with Crippen molar-refractivity contribution in [3.63, 3.8) is 0 Å². The summed E-state index contributed by atoms with van der Waals surface area (Å²) in [6.07, 6.45) is 11.9. The van der Waals surface area contributed by atoms with Gasteiger partial charge in [-0.15, -0.1) is 0 Å². The highest BCUT2D eigenvalue weighted by Crippen LogP contribution is 2.39. The highest BCUT2D eigenvalue weighted by atomic mass is 16.5. The zero-order valence-electron chi connectivity index (χ0n) is 19.5. The van der Waals surface area contributed by atoms with Crippen LogP contribution in [0.15, 0.2) is 42.5 Å². The molecule has 178 valence electrons. The number of aliphatic hydroxyl groups excluding tert-OH is 1. The van der Waals surface area contributed by atoms with Gasteiger partial charge >= 0.3 is 5.97 Å². The first-order valence-electron chi connectivity index (χ1n) is 12.3. The molecule has 0 spiro atoms. The number of rotatable bonds is 16. The Morgan fingerprint density at radius 2 is 1.75 bits per heavy atom. The van der Waals surface area contributed by atoms with Crippen molar-refractivity contribution in [3.8, 4) is 0 Å². The van der Waals surface area contributed by atoms with E-state index in [4.69, 9.17) is 9.84 Å². The SMILES string of the molecule is CCCCCC(=O)/C=C/[C@@H]1[C@@H](CCCCCCC(=O)O)[C@@H](O)C[C@H]1OCc1ccccc1. The molecule has 1 fully saturated rings. The number of carbonyl (C=O) groups excluding carboxylic acids is 1. The van der Waals surface area contributed by atoms with Crippen molar-refractivity contribution in [3.05, 3.63) is 48.0 Å². The van der Waals surface area contributed by atoms with Gasteiger partial charge in [0.05, 0.1) is 18.8 Å². The van der Waals surface area contributed by atoms with Crippen LogP contribution in [0, 0.1) is 11.8 Å². The fraction of sp³-hybridized carbons (Fsp3) is 0.630. The molecule has 0 unspecified atom stereocenters. The molecule has 0 heterocycles. The predicted octanol–water partition coefficient (Wildman–Crippen LogP) is 5.70. The molecule has 2 N–H and O–H groups in total. The molecule has 5 heteroatoms. The van der Waals surface area contributed by atoms with Crippen LogP contribution in [0.1, 0.15) is 83.1 Å². The maximum Gasteiger partial charge on any atom is 0.303 e. The minimum Gasteiger partial charge on any atom is -0.481 e. The summed E-state index contributed by atoms with van der Waals surface area (Å²) in [5.41, 5.74) is 1.10. The third-order valence-electron chi connectivity index (χ3n) is 6.41. The Morgan fingerprint density at radius 3 is 2.47 bits per heavy atom. The Labute approximate surface area is 192 Å². The number of hydrogen-bond donors (Lipinski definition) is 2. The lowest BCUT2D eigenvalue weighted by atomic mass is 9.87. The second-order valence-corrected chi connectivity index (χ2v) is 9.01. The van der Waals surface area contributed by atoms with E-state index in [0.717, 1.165) is 50.5 Å². The third-order valence-corrected chi connectivity index (χ3v) is 6.41. The molecular formula is C27H40O5. The molecule has 1 aromatic rings. The van der Waals surface area contributed by atoms with Gasteiger partial charge in [-0.1, -0.05) is 75.4 Å². The van der Waals surface area contributed by atoms with Gasteiger partial charge in [0.15, 0.2) is 5.78 Å². The number of aliphatic hydroxyl groups is 1. The summed E-state index contributed by atoms with van der Waals surface area (Å²) < 4.78 is 6.22. The normalized spacial score (nSPS) is 23.1. The number of allylic oxidation sites excluding steroid dienone is 1. The molecule has 32 heavy (non-hydrogen) atoms. The van der Waals surface area contributed by atoms with Gasteiger partial charge in [-0.25, -0.2) is 0 Å². The van der Waals surface area contributed by atoms with E-state index in [-0.39, 0.29) is 30.1 Å². The first-order valence-corrected chi connectivity index (χ1v) is 12.3. The van der Waals surface area contributed by atoms with E-state index in [0.29, 0.717) is 25.9 Å². The maximum absolute atomic E-state index is 12.3. The minimum atomic E-state index is -0.747. The minimum absolute atomic E-state index is 0.0165. The van der Waals surface area contributed by atoms with E-state index in [2.05, 4.69) is 6.92 Å². The standard InChI is InChI=1S/C27H40O5/c1-2-3-7-14-22(28)17-18-24-23(15-10-4-5-11-16-27(30)31)25(29)19-26(24)32-20-21-12-8-6-9-13-21/h6,8-9,12-13,17-18,23-26,29H,2-5,7,10-11,14-16,19-20H2,1H3,(H,30,31)/b18-17+/t23-,24-,25+,26-/m1/s1. The molecule has 0 aromatic heterocycles. The fourth-order valence-electron chi connectivity index (χ4n) is 4.57. The number of aliphatic carboxylic acids is 1. The Morgan fingerprint density at radius 1 is 1.03 bits per heavy atom. The van der Waals surface area contributed by atoms with Crippen molar-refractivity contribution in [2.24, 2.45) is 11.8 Å². The molecule has 5 nitrogen and oxygen atoms in total. The van der Waals surface area contributed by atoms with Crippen LogP contribution in [0.5, 0.6) is 0 Å². The van der Waals surface area contributed by atoms with E-state index in [1.165, 1.54) is 0 Å². The summed E-state index contributed by atoms with van der Waals surface area (Å²) >= 11 is 0. The van der Waals surface area contributed by atoms with Gasteiger partial charge < -0.3 is 14.9 Å². The summed E-state index contributed by atoms with van der Waals surface area (Å²) in [5.74, 6) is -0.518. The summed E-state index contributed by atoms with van der Waals surface area (Å²) in [5, 5.41) is 19.5. The Kier molecular flexibility index (Phi) is 12.3. The van der Waals surface area contributed by atoms with Crippen LogP contribution in [0.25, 0.3) is 0 Å². The summed E-state index contributed by atoms with van der Waals surface area (Å²) in [7, 11) is 0. The first-order chi connectivity index (χ1) is 15.5. The van der Waals surface area contributed by atoms with E-state index in [9.17, 15) is 14.7 Å². The average molecular weight is 445 g/mol. The number of ketones is 1. The van der Waals surface area contributed by atoms with Crippen LogP contribution in [0.2, 0.25) is 0 Å². The van der Waals surface area contributed by atoms with Gasteiger partial charge in [0.25, 0.3) is 0 Å². The second-order valence-electron chi connectivity index (χ2n) is 9.01. The highest BCUT2D eigenvalue weighted by molar-refractivity contribution is 5.89. The average Bonchev–Trinajstić information content (AvgIpc) is 3.08. The van der Waals surface area contributed by atoms with E-state index < -0.39 is 12.1 Å². The summed E-state index contributed by atoms with van der Waals surface area (Å²) in [6, 6.07) is 10.0. The van der Waals surface area contributed by atoms with Gasteiger partial charge in [-0.3, -0.25) is 9.59 Å². The lowest BCUT2D eigenvalue weighted by Gasteiger charge is -2.23. The number of ether oxygens (including phenoxy) is 1. The van der Waals surface area contributed by atoms with Crippen LogP contribution < -0.4 is 0 Å². The number of carbonyl (C=O) groups is 2. The van der Waals surface area contributed by atoms with E-state index in [1.54, 1.807) is 6.08 Å². The molecule has 2 rings (SSSR count). The second kappa shape index (κ2) is 15.0. The fourth-order valence-corrected chi connectivity index (χ4v) is 4.57. The number of hydrogen-bond acceptors (Lipinski definition) is 4. The van der Waals surface area contributed by atoms with Crippen molar-refractivity contribution in [2.45, 2.75) is 96.4 Å². The Hall–Kier alpha value is -1.98. The largest absolute Gasteiger partial charge is 0.481 e. The van der Waals surface area contributed by atoms with Crippen molar-refractivity contribution in [1.29, 1.82) is 0 Å². The summed E-state index contributed by atoms with van der Waals surface area (Å²) in [6.45, 7) is 2.62. The van der Waals surface area contributed by atoms with Crippen molar-refractivity contribution in [2.75, 3.05) is 0 Å². The zero-order chi connectivity index (χ0) is 23.2. The molecular weight excluding hydrogens is 404 g/mol. The third kappa shape index (κ3) is 9.66. The quantitative estimate of drug-likeness (QED) is 0.252. The van der Waals surface area contributed by atoms with Crippen molar-refractivity contribution in [1.82, 2.24) is 0 Å². The van der Waals surface area contributed by atoms with Crippen molar-refractivity contribution >= 4 is 11.8 Å². The van der Waals surface area contributed by atoms with Crippen LogP contribution in [-0.4, -0.2) is 34.2 Å². The van der Waals surface area contributed by atoms with Gasteiger partial charge in [0.1, 0.15) is 0 Å². The molecule has 1 aliphatic carbocycles. The molecule has 0 amide bonds. The van der Waals surface area contributed by atoms with Gasteiger partial charge in [0, 0.05) is 25.2 Å². The zero-order valence-corrected chi connectivity index (χ0v) is 19.5. The smallest absolute Gasteiger partial charge is 0.303 e. The van der Waals surface area contributed by atoms with Gasteiger partial charge in [0.2, 0.25) is 0 Å². The number of unbranched alkanes of at least 4 members (excludes halogenated alkanes) is 5. The Balaban J connectivity index is 1.94. The van der Waals surface area contributed by atoms with Gasteiger partial charge in [-0.2, -0.15) is 0 Å². The van der Waals surface area contributed by atoms with Crippen LogP contribution in [0.4, 0.5) is 0 Å². The number of carboxylic acids is 1. The molecule has 0 aliphatic heterocycles.